The van der Waals surface area contributed by atoms with Crippen molar-refractivity contribution in [2.45, 2.75) is 57.5 Å². The largest absolute Gasteiger partial charge is 0.299 e. The number of carbonyl (C=O) groups excluding carboxylic acids is 2. The second-order valence-corrected chi connectivity index (χ2v) is 6.68. The van der Waals surface area contributed by atoms with Gasteiger partial charge in [-0.25, -0.2) is 0 Å². The Hall–Kier alpha value is -0.310. The van der Waals surface area contributed by atoms with Gasteiger partial charge in [0.1, 0.15) is 5.78 Å². The van der Waals surface area contributed by atoms with Crippen molar-refractivity contribution in [3.05, 3.63) is 0 Å². The third-order valence-electron chi connectivity index (χ3n) is 2.75. The van der Waals surface area contributed by atoms with Crippen molar-refractivity contribution >= 4 is 23.3 Å². The van der Waals surface area contributed by atoms with E-state index in [-0.39, 0.29) is 21.7 Å². The van der Waals surface area contributed by atoms with E-state index in [2.05, 4.69) is 0 Å². The minimum atomic E-state index is -0.281. The van der Waals surface area contributed by atoms with Gasteiger partial charge in [-0.05, 0) is 19.8 Å². The molecule has 0 bridgehead atoms. The number of hydrogen-bond acceptors (Lipinski definition) is 3. The van der Waals surface area contributed by atoms with Gasteiger partial charge >= 0.3 is 0 Å². The summed E-state index contributed by atoms with van der Waals surface area (Å²) >= 11 is 1.58. The molecule has 1 aliphatic heterocycles. The van der Waals surface area contributed by atoms with Gasteiger partial charge in [-0.3, -0.25) is 9.59 Å². The first-order chi connectivity index (χ1) is 6.82. The molecule has 0 aromatic heterocycles. The minimum absolute atomic E-state index is 0.0349. The predicted molar refractivity (Wildman–Crippen MR) is 64.2 cm³/mol. The van der Waals surface area contributed by atoms with E-state index in [4.69, 9.17) is 0 Å². The molecule has 1 saturated heterocycles. The standard InChI is InChI=1S/C12H20O2S/c1-8(13)9-6-5-7-10(15-9)11(14)12(2,3)4/h9-10H,5-7H2,1-4H3. The first-order valence-electron chi connectivity index (χ1n) is 5.52. The molecule has 3 heteroatoms. The molecule has 0 aromatic rings. The van der Waals surface area contributed by atoms with Crippen LogP contribution in [0.3, 0.4) is 0 Å². The Labute approximate surface area is 96.2 Å². The van der Waals surface area contributed by atoms with Crippen LogP contribution >= 0.6 is 11.8 Å². The van der Waals surface area contributed by atoms with Crippen LogP contribution in [0.4, 0.5) is 0 Å². The average molecular weight is 228 g/mol. The van der Waals surface area contributed by atoms with Gasteiger partial charge in [0.15, 0.2) is 5.78 Å². The summed E-state index contributed by atoms with van der Waals surface area (Å²) in [7, 11) is 0. The second kappa shape index (κ2) is 4.69. The summed E-state index contributed by atoms with van der Waals surface area (Å²) in [5.41, 5.74) is -0.281. The first-order valence-corrected chi connectivity index (χ1v) is 6.47. The fourth-order valence-corrected chi connectivity index (χ4v) is 3.47. The van der Waals surface area contributed by atoms with Crippen LogP contribution in [0.15, 0.2) is 0 Å². The quantitative estimate of drug-likeness (QED) is 0.729. The highest BCUT2D eigenvalue weighted by molar-refractivity contribution is 8.02. The molecule has 1 rings (SSSR count). The minimum Gasteiger partial charge on any atom is -0.299 e. The van der Waals surface area contributed by atoms with Crippen LogP contribution in [0.2, 0.25) is 0 Å². The molecule has 0 spiro atoms. The highest BCUT2D eigenvalue weighted by atomic mass is 32.2. The molecule has 0 amide bonds. The molecule has 0 aromatic carbocycles. The smallest absolute Gasteiger partial charge is 0.151 e. The lowest BCUT2D eigenvalue weighted by Crippen LogP contribution is -2.35. The summed E-state index contributed by atoms with van der Waals surface area (Å²) in [5.74, 6) is 0.504. The Morgan fingerprint density at radius 2 is 1.67 bits per heavy atom. The van der Waals surface area contributed by atoms with Crippen LogP contribution in [0.1, 0.15) is 47.0 Å². The Morgan fingerprint density at radius 3 is 2.13 bits per heavy atom. The highest BCUT2D eigenvalue weighted by Crippen LogP contribution is 2.36. The third-order valence-corrected chi connectivity index (χ3v) is 4.42. The van der Waals surface area contributed by atoms with Gasteiger partial charge < -0.3 is 0 Å². The number of carbonyl (C=O) groups is 2. The number of ketones is 2. The van der Waals surface area contributed by atoms with Crippen LogP contribution in [0.5, 0.6) is 0 Å². The van der Waals surface area contributed by atoms with Gasteiger partial charge in [-0.15, -0.1) is 11.8 Å². The molecule has 2 nitrogen and oxygen atoms in total. The van der Waals surface area contributed by atoms with E-state index in [0.29, 0.717) is 5.78 Å². The van der Waals surface area contributed by atoms with Crippen molar-refractivity contribution in [3.63, 3.8) is 0 Å². The summed E-state index contributed by atoms with van der Waals surface area (Å²) in [5, 5.41) is 0.0858. The molecule has 86 valence electrons. The zero-order valence-corrected chi connectivity index (χ0v) is 10.8. The normalized spacial score (nSPS) is 27.5. The maximum absolute atomic E-state index is 12.1. The molecule has 2 atom stereocenters. The summed E-state index contributed by atoms with van der Waals surface area (Å²) in [6.07, 6.45) is 2.88. The van der Waals surface area contributed by atoms with Crippen LogP contribution in [-0.2, 0) is 9.59 Å². The fourth-order valence-electron chi connectivity index (χ4n) is 1.80. The fraction of sp³-hybridized carbons (Fsp3) is 0.833. The number of hydrogen-bond donors (Lipinski definition) is 0. The lowest BCUT2D eigenvalue weighted by atomic mass is 9.87. The molecule has 1 aliphatic rings. The third kappa shape index (κ3) is 3.33. The molecule has 0 saturated carbocycles. The highest BCUT2D eigenvalue weighted by Gasteiger charge is 2.35. The molecular weight excluding hydrogens is 208 g/mol. The number of Topliss-reactive ketones (excluding diaryl/α,β-unsaturated/α-hetero) is 2. The molecule has 0 radical (unpaired) electrons. The molecule has 1 fully saturated rings. The SMILES string of the molecule is CC(=O)C1CCCC(C(=O)C(C)(C)C)S1. The molecule has 15 heavy (non-hydrogen) atoms. The molecule has 0 N–H and O–H groups in total. The van der Waals surface area contributed by atoms with Crippen LogP contribution in [0.25, 0.3) is 0 Å². The second-order valence-electron chi connectivity index (χ2n) is 5.27. The number of thioether (sulfide) groups is 1. The van der Waals surface area contributed by atoms with Crippen LogP contribution in [-0.4, -0.2) is 22.1 Å². The molecule has 0 aliphatic carbocycles. The van der Waals surface area contributed by atoms with Gasteiger partial charge in [0.25, 0.3) is 0 Å². The maximum Gasteiger partial charge on any atom is 0.151 e. The van der Waals surface area contributed by atoms with E-state index >= 15 is 0 Å². The summed E-state index contributed by atoms with van der Waals surface area (Å²) in [4.78, 5) is 23.3. The topological polar surface area (TPSA) is 34.1 Å². The summed E-state index contributed by atoms with van der Waals surface area (Å²) in [6.45, 7) is 7.48. The van der Waals surface area contributed by atoms with Crippen LogP contribution < -0.4 is 0 Å². The van der Waals surface area contributed by atoms with E-state index in [1.54, 1.807) is 18.7 Å². The van der Waals surface area contributed by atoms with E-state index in [1.165, 1.54) is 0 Å². The van der Waals surface area contributed by atoms with E-state index < -0.39 is 0 Å². The zero-order chi connectivity index (χ0) is 11.6. The predicted octanol–water partition coefficient (Wildman–Crippen LogP) is 2.84. The van der Waals surface area contributed by atoms with E-state index in [1.807, 2.05) is 20.8 Å². The van der Waals surface area contributed by atoms with Crippen molar-refractivity contribution in [1.29, 1.82) is 0 Å². The first kappa shape index (κ1) is 12.8. The average Bonchev–Trinajstić information content (AvgIpc) is 2.15. The molecule has 1 heterocycles. The van der Waals surface area contributed by atoms with Gasteiger partial charge in [0, 0.05) is 5.41 Å². The van der Waals surface area contributed by atoms with Crippen molar-refractivity contribution in [2.75, 3.05) is 0 Å². The van der Waals surface area contributed by atoms with Gasteiger partial charge in [-0.2, -0.15) is 0 Å². The van der Waals surface area contributed by atoms with Crippen molar-refractivity contribution in [2.24, 2.45) is 5.41 Å². The summed E-state index contributed by atoms with van der Waals surface area (Å²) < 4.78 is 0. The van der Waals surface area contributed by atoms with Crippen molar-refractivity contribution < 1.29 is 9.59 Å². The van der Waals surface area contributed by atoms with Gasteiger partial charge in [0.05, 0.1) is 10.5 Å². The van der Waals surface area contributed by atoms with Gasteiger partial charge in [0.2, 0.25) is 0 Å². The van der Waals surface area contributed by atoms with Crippen molar-refractivity contribution in [3.8, 4) is 0 Å². The van der Waals surface area contributed by atoms with Crippen LogP contribution in [0, 0.1) is 5.41 Å². The lowest BCUT2D eigenvalue weighted by Gasteiger charge is -2.30. The monoisotopic (exact) mass is 228 g/mol. The van der Waals surface area contributed by atoms with E-state index in [0.717, 1.165) is 19.3 Å². The zero-order valence-electron chi connectivity index (χ0n) is 10.0. The Morgan fingerprint density at radius 1 is 1.13 bits per heavy atom. The van der Waals surface area contributed by atoms with Gasteiger partial charge in [-0.1, -0.05) is 27.2 Å². The van der Waals surface area contributed by atoms with Crippen molar-refractivity contribution in [1.82, 2.24) is 0 Å². The molecular formula is C12H20O2S. The maximum atomic E-state index is 12.1. The Kier molecular flexibility index (Phi) is 3.99. The summed E-state index contributed by atoms with van der Waals surface area (Å²) in [6, 6.07) is 0. The Balaban J connectivity index is 2.64. The van der Waals surface area contributed by atoms with E-state index in [9.17, 15) is 9.59 Å². The number of rotatable bonds is 2. The Bertz CT molecular complexity index is 265. The molecule has 2 unspecified atom stereocenters. The lowest BCUT2D eigenvalue weighted by molar-refractivity contribution is -0.125.